The summed E-state index contributed by atoms with van der Waals surface area (Å²) in [5.41, 5.74) is 1.71. The van der Waals surface area contributed by atoms with E-state index in [9.17, 15) is 9.59 Å². The topological polar surface area (TPSA) is 40.6 Å². The van der Waals surface area contributed by atoms with Crippen molar-refractivity contribution in [2.75, 3.05) is 20.6 Å². The summed E-state index contributed by atoms with van der Waals surface area (Å²) >= 11 is 0. The van der Waals surface area contributed by atoms with Crippen LogP contribution in [0.25, 0.3) is 0 Å². The van der Waals surface area contributed by atoms with Crippen molar-refractivity contribution in [2.45, 2.75) is 44.1 Å². The van der Waals surface area contributed by atoms with Gasteiger partial charge in [-0.05, 0) is 51.4 Å². The van der Waals surface area contributed by atoms with E-state index >= 15 is 0 Å². The number of fused-ring (bicyclic) bond motifs is 2. The maximum atomic E-state index is 13.2. The number of likely N-dealkylation sites (tertiary alicyclic amines) is 1. The van der Waals surface area contributed by atoms with Crippen molar-refractivity contribution >= 4 is 24.2 Å². The number of likely N-dealkylation sites (N-methyl/N-ethyl adjacent to an activating group) is 1. The Kier molecular flexibility index (Phi) is 5.17. The zero-order valence-corrected chi connectivity index (χ0v) is 14.9. The lowest BCUT2D eigenvalue weighted by molar-refractivity contribution is -0.142. The van der Waals surface area contributed by atoms with E-state index in [4.69, 9.17) is 0 Å². The first kappa shape index (κ1) is 18.0. The molecule has 2 aliphatic rings. The van der Waals surface area contributed by atoms with Gasteiger partial charge in [0.15, 0.2) is 0 Å². The molecule has 23 heavy (non-hydrogen) atoms. The molecule has 1 heterocycles. The second kappa shape index (κ2) is 6.62. The van der Waals surface area contributed by atoms with Gasteiger partial charge in [-0.25, -0.2) is 0 Å². The maximum Gasteiger partial charge on any atom is 0.240 e. The zero-order chi connectivity index (χ0) is 15.9. The average Bonchev–Trinajstić information content (AvgIpc) is 2.70. The lowest BCUT2D eigenvalue weighted by Crippen LogP contribution is -2.47. The van der Waals surface area contributed by atoms with Gasteiger partial charge in [0.1, 0.15) is 0 Å². The summed E-state index contributed by atoms with van der Waals surface area (Å²) in [6, 6.07) is 8.06. The SMILES string of the molecule is C[C@H](CN(C)C)N1C(=O)C[C@]2(CCCc3ccccc32)C1=O.Cl. The van der Waals surface area contributed by atoms with Crippen LogP contribution in [0.5, 0.6) is 0 Å². The first-order valence-corrected chi connectivity index (χ1v) is 8.05. The lowest BCUT2D eigenvalue weighted by atomic mass is 9.69. The maximum absolute atomic E-state index is 13.2. The molecule has 0 N–H and O–H groups in total. The van der Waals surface area contributed by atoms with Crippen LogP contribution in [0.3, 0.4) is 0 Å². The Morgan fingerprint density at radius 2 is 1.96 bits per heavy atom. The predicted octanol–water partition coefficient (Wildman–Crippen LogP) is 2.39. The number of hydrogen-bond donors (Lipinski definition) is 0. The van der Waals surface area contributed by atoms with Gasteiger partial charge in [-0.15, -0.1) is 12.4 Å². The average molecular weight is 337 g/mol. The summed E-state index contributed by atoms with van der Waals surface area (Å²) in [5.74, 6) is -0.00458. The fourth-order valence-corrected chi connectivity index (χ4v) is 4.15. The Bertz CT molecular complexity index is 617. The molecule has 3 rings (SSSR count). The summed E-state index contributed by atoms with van der Waals surface area (Å²) in [7, 11) is 3.93. The molecular formula is C18H25ClN2O2. The summed E-state index contributed by atoms with van der Waals surface area (Å²) in [6.07, 6.45) is 3.11. The van der Waals surface area contributed by atoms with E-state index in [2.05, 4.69) is 6.07 Å². The van der Waals surface area contributed by atoms with Crippen molar-refractivity contribution in [2.24, 2.45) is 0 Å². The number of aryl methyl sites for hydroxylation is 1. The van der Waals surface area contributed by atoms with Gasteiger partial charge in [0.05, 0.1) is 5.41 Å². The summed E-state index contributed by atoms with van der Waals surface area (Å²) in [5, 5.41) is 0. The van der Waals surface area contributed by atoms with Gasteiger partial charge in [-0.2, -0.15) is 0 Å². The predicted molar refractivity (Wildman–Crippen MR) is 92.8 cm³/mol. The highest BCUT2D eigenvalue weighted by atomic mass is 35.5. The minimum atomic E-state index is -0.605. The van der Waals surface area contributed by atoms with Crippen molar-refractivity contribution in [1.82, 2.24) is 9.80 Å². The third-order valence-corrected chi connectivity index (χ3v) is 5.00. The first-order chi connectivity index (χ1) is 10.5. The number of halogens is 1. The number of carbonyl (C=O) groups is 2. The molecule has 1 aliphatic heterocycles. The molecule has 2 amide bonds. The second-order valence-electron chi connectivity index (χ2n) is 6.95. The van der Waals surface area contributed by atoms with Gasteiger partial charge in [-0.1, -0.05) is 24.3 Å². The molecule has 126 valence electrons. The van der Waals surface area contributed by atoms with Crippen LogP contribution in [0, 0.1) is 0 Å². The van der Waals surface area contributed by atoms with Crippen molar-refractivity contribution in [1.29, 1.82) is 0 Å². The number of carbonyl (C=O) groups excluding carboxylic acids is 2. The molecule has 4 nitrogen and oxygen atoms in total. The normalized spacial score (nSPS) is 24.8. The molecule has 0 radical (unpaired) electrons. The van der Waals surface area contributed by atoms with Gasteiger partial charge >= 0.3 is 0 Å². The molecule has 0 saturated carbocycles. The highest BCUT2D eigenvalue weighted by Crippen LogP contribution is 2.45. The largest absolute Gasteiger partial charge is 0.307 e. The molecule has 1 spiro atoms. The molecular weight excluding hydrogens is 312 g/mol. The quantitative estimate of drug-likeness (QED) is 0.796. The summed E-state index contributed by atoms with van der Waals surface area (Å²) in [4.78, 5) is 29.3. The first-order valence-electron chi connectivity index (χ1n) is 8.05. The number of nitrogens with zero attached hydrogens (tertiary/aromatic N) is 2. The molecule has 0 unspecified atom stereocenters. The van der Waals surface area contributed by atoms with Gasteiger partial charge < -0.3 is 4.90 Å². The molecule has 0 aromatic heterocycles. The molecule has 2 atom stereocenters. The molecule has 1 aliphatic carbocycles. The van der Waals surface area contributed by atoms with Crippen LogP contribution in [0.1, 0.15) is 37.3 Å². The molecule has 1 aromatic carbocycles. The smallest absolute Gasteiger partial charge is 0.240 e. The van der Waals surface area contributed by atoms with Crippen LogP contribution < -0.4 is 0 Å². The number of hydrogen-bond acceptors (Lipinski definition) is 3. The minimum Gasteiger partial charge on any atom is -0.307 e. The molecule has 0 bridgehead atoms. The summed E-state index contributed by atoms with van der Waals surface area (Å²) in [6.45, 7) is 2.67. The van der Waals surface area contributed by atoms with E-state index in [1.807, 2.05) is 44.1 Å². The molecule has 1 aromatic rings. The Hall–Kier alpha value is -1.39. The Morgan fingerprint density at radius 3 is 2.65 bits per heavy atom. The van der Waals surface area contributed by atoms with Crippen LogP contribution in [0.15, 0.2) is 24.3 Å². The van der Waals surface area contributed by atoms with E-state index in [0.29, 0.717) is 13.0 Å². The minimum absolute atomic E-state index is 0. The van der Waals surface area contributed by atoms with Crippen molar-refractivity contribution < 1.29 is 9.59 Å². The standard InChI is InChI=1S/C18H24N2O2.ClH/c1-13(12-19(2)3)20-16(21)11-18(17(20)22)10-6-8-14-7-4-5-9-15(14)18;/h4-5,7,9,13H,6,8,10-12H2,1-3H3;1H/t13-,18+;/m1./s1. The van der Waals surface area contributed by atoms with Crippen molar-refractivity contribution in [3.63, 3.8) is 0 Å². The van der Waals surface area contributed by atoms with E-state index in [0.717, 1.165) is 24.8 Å². The van der Waals surface area contributed by atoms with E-state index in [1.54, 1.807) is 0 Å². The molecule has 5 heteroatoms. The number of amides is 2. The zero-order valence-electron chi connectivity index (χ0n) is 14.0. The van der Waals surface area contributed by atoms with Gasteiger partial charge in [-0.3, -0.25) is 14.5 Å². The fourth-order valence-electron chi connectivity index (χ4n) is 4.15. The van der Waals surface area contributed by atoms with Crippen LogP contribution in [-0.2, 0) is 21.4 Å². The number of imide groups is 1. The van der Waals surface area contributed by atoms with Crippen LogP contribution in [-0.4, -0.2) is 48.3 Å². The van der Waals surface area contributed by atoms with Crippen LogP contribution >= 0.6 is 12.4 Å². The molecule has 1 saturated heterocycles. The number of rotatable bonds is 3. The van der Waals surface area contributed by atoms with E-state index in [1.165, 1.54) is 10.5 Å². The van der Waals surface area contributed by atoms with Crippen molar-refractivity contribution in [3.8, 4) is 0 Å². The van der Waals surface area contributed by atoms with E-state index < -0.39 is 5.41 Å². The Labute approximate surface area is 144 Å². The van der Waals surface area contributed by atoms with Gasteiger partial charge in [0, 0.05) is 19.0 Å². The third-order valence-electron chi connectivity index (χ3n) is 5.00. The van der Waals surface area contributed by atoms with Gasteiger partial charge in [0.2, 0.25) is 11.8 Å². The third kappa shape index (κ3) is 2.90. The van der Waals surface area contributed by atoms with Crippen LogP contribution in [0.2, 0.25) is 0 Å². The fraction of sp³-hybridized carbons (Fsp3) is 0.556. The van der Waals surface area contributed by atoms with Gasteiger partial charge in [0.25, 0.3) is 0 Å². The number of benzene rings is 1. The van der Waals surface area contributed by atoms with Crippen LogP contribution in [0.4, 0.5) is 0 Å². The van der Waals surface area contributed by atoms with Crippen molar-refractivity contribution in [3.05, 3.63) is 35.4 Å². The Balaban J connectivity index is 0.00000192. The highest BCUT2D eigenvalue weighted by molar-refractivity contribution is 6.09. The van der Waals surface area contributed by atoms with E-state index in [-0.39, 0.29) is 30.3 Å². The molecule has 1 fully saturated rings. The monoisotopic (exact) mass is 336 g/mol. The summed E-state index contributed by atoms with van der Waals surface area (Å²) < 4.78 is 0. The highest BCUT2D eigenvalue weighted by Gasteiger charge is 2.54. The second-order valence-corrected chi connectivity index (χ2v) is 6.95. The lowest BCUT2D eigenvalue weighted by Gasteiger charge is -2.34. The Morgan fingerprint density at radius 1 is 1.26 bits per heavy atom.